The van der Waals surface area contributed by atoms with Gasteiger partial charge in [-0.15, -0.1) is 0 Å². The molecule has 2 rings (SSSR count). The van der Waals surface area contributed by atoms with Gasteiger partial charge in [0.05, 0.1) is 5.60 Å². The van der Waals surface area contributed by atoms with Crippen LogP contribution in [0.2, 0.25) is 0 Å². The van der Waals surface area contributed by atoms with Gasteiger partial charge in [0, 0.05) is 25.4 Å². The molecule has 2 fully saturated rings. The monoisotopic (exact) mass is 197 g/mol. The number of carbonyl (C=O) groups is 1. The molecule has 0 aromatic carbocycles. The van der Waals surface area contributed by atoms with Crippen LogP contribution in [0.5, 0.6) is 0 Å². The van der Waals surface area contributed by atoms with E-state index in [4.69, 9.17) is 0 Å². The molecule has 1 heterocycles. The fourth-order valence-electron chi connectivity index (χ4n) is 2.69. The zero-order valence-electron chi connectivity index (χ0n) is 8.59. The number of aliphatic hydroxyl groups is 1. The van der Waals surface area contributed by atoms with E-state index in [1.165, 1.54) is 0 Å². The first-order valence-corrected chi connectivity index (χ1v) is 5.65. The first-order valence-electron chi connectivity index (χ1n) is 5.65. The maximum Gasteiger partial charge on any atom is 0.138 e. The number of carbonyl (C=O) groups excluding carboxylic acids is 1. The molecule has 2 aliphatic rings. The average Bonchev–Trinajstić information content (AvgIpc) is 2.57. The third-order valence-electron chi connectivity index (χ3n) is 3.55. The highest BCUT2D eigenvalue weighted by molar-refractivity contribution is 5.82. The molecule has 0 radical (unpaired) electrons. The van der Waals surface area contributed by atoms with Crippen LogP contribution in [0.4, 0.5) is 0 Å². The number of ketones is 1. The Kier molecular flexibility index (Phi) is 2.88. The van der Waals surface area contributed by atoms with Crippen LogP contribution in [-0.4, -0.2) is 29.6 Å². The van der Waals surface area contributed by atoms with E-state index in [2.05, 4.69) is 5.32 Å². The van der Waals surface area contributed by atoms with Crippen molar-refractivity contribution >= 4 is 5.78 Å². The standard InChI is InChI=1S/C11H19NO2/c13-10-3-6-12-8-9(10)7-11(14)4-1-2-5-11/h9,12,14H,1-8H2. The van der Waals surface area contributed by atoms with Crippen LogP contribution in [0.3, 0.4) is 0 Å². The lowest BCUT2D eigenvalue weighted by molar-refractivity contribution is -0.126. The smallest absolute Gasteiger partial charge is 0.138 e. The summed E-state index contributed by atoms with van der Waals surface area (Å²) in [6.07, 6.45) is 5.32. The largest absolute Gasteiger partial charge is 0.390 e. The third kappa shape index (κ3) is 2.15. The minimum atomic E-state index is -0.528. The van der Waals surface area contributed by atoms with Crippen molar-refractivity contribution in [2.24, 2.45) is 5.92 Å². The molecule has 1 aliphatic heterocycles. The Balaban J connectivity index is 1.91. The first kappa shape index (κ1) is 10.1. The van der Waals surface area contributed by atoms with Crippen molar-refractivity contribution in [3.8, 4) is 0 Å². The maximum absolute atomic E-state index is 11.6. The predicted octanol–water partition coefficient (Wildman–Crippen LogP) is 0.860. The summed E-state index contributed by atoms with van der Waals surface area (Å²) in [5.74, 6) is 0.399. The summed E-state index contributed by atoms with van der Waals surface area (Å²) in [5.41, 5.74) is -0.528. The molecule has 2 N–H and O–H groups in total. The van der Waals surface area contributed by atoms with E-state index < -0.39 is 5.60 Å². The molecule has 0 aromatic heterocycles. The normalized spacial score (nSPS) is 32.1. The van der Waals surface area contributed by atoms with Crippen LogP contribution in [-0.2, 0) is 4.79 Å². The molecule has 1 atom stereocenters. The molecule has 3 nitrogen and oxygen atoms in total. The Morgan fingerprint density at radius 2 is 2.14 bits per heavy atom. The summed E-state index contributed by atoms with van der Waals surface area (Å²) in [5, 5.41) is 13.4. The molecule has 3 heteroatoms. The van der Waals surface area contributed by atoms with Gasteiger partial charge in [-0.1, -0.05) is 12.8 Å². The van der Waals surface area contributed by atoms with Crippen molar-refractivity contribution in [1.82, 2.24) is 5.32 Å². The van der Waals surface area contributed by atoms with E-state index in [9.17, 15) is 9.90 Å². The summed E-state index contributed by atoms with van der Waals surface area (Å²) < 4.78 is 0. The van der Waals surface area contributed by atoms with E-state index in [-0.39, 0.29) is 5.92 Å². The number of rotatable bonds is 2. The zero-order valence-corrected chi connectivity index (χ0v) is 8.59. The molecule has 1 aliphatic carbocycles. The van der Waals surface area contributed by atoms with E-state index >= 15 is 0 Å². The molecule has 0 aromatic rings. The number of hydrogen-bond donors (Lipinski definition) is 2. The molecule has 14 heavy (non-hydrogen) atoms. The van der Waals surface area contributed by atoms with Crippen molar-refractivity contribution in [3.63, 3.8) is 0 Å². The minimum absolute atomic E-state index is 0.0619. The van der Waals surface area contributed by atoms with Gasteiger partial charge in [0.1, 0.15) is 5.78 Å². The lowest BCUT2D eigenvalue weighted by atomic mass is 9.84. The van der Waals surface area contributed by atoms with E-state index in [1.54, 1.807) is 0 Å². The molecular formula is C11H19NO2. The molecule has 0 spiro atoms. The number of nitrogens with one attached hydrogen (secondary N) is 1. The van der Waals surface area contributed by atoms with Crippen LogP contribution in [0.15, 0.2) is 0 Å². The van der Waals surface area contributed by atoms with Gasteiger partial charge in [-0.2, -0.15) is 0 Å². The van der Waals surface area contributed by atoms with Gasteiger partial charge in [0.15, 0.2) is 0 Å². The molecule has 1 saturated carbocycles. The average molecular weight is 197 g/mol. The van der Waals surface area contributed by atoms with Gasteiger partial charge < -0.3 is 10.4 Å². The Bertz CT molecular complexity index is 221. The number of Topliss-reactive ketones (excluding diaryl/α,β-unsaturated/α-hetero) is 1. The highest BCUT2D eigenvalue weighted by atomic mass is 16.3. The van der Waals surface area contributed by atoms with Crippen molar-refractivity contribution in [3.05, 3.63) is 0 Å². The molecule has 1 saturated heterocycles. The van der Waals surface area contributed by atoms with Crippen LogP contribution in [0.25, 0.3) is 0 Å². The van der Waals surface area contributed by atoms with Crippen LogP contribution in [0, 0.1) is 5.92 Å². The molecule has 0 bridgehead atoms. The van der Waals surface area contributed by atoms with Crippen LogP contribution >= 0.6 is 0 Å². The summed E-state index contributed by atoms with van der Waals surface area (Å²) in [6.45, 7) is 1.58. The van der Waals surface area contributed by atoms with Crippen molar-refractivity contribution in [2.75, 3.05) is 13.1 Å². The minimum Gasteiger partial charge on any atom is -0.390 e. The van der Waals surface area contributed by atoms with Gasteiger partial charge in [0.25, 0.3) is 0 Å². The summed E-state index contributed by atoms with van der Waals surface area (Å²) in [6, 6.07) is 0. The molecule has 1 unspecified atom stereocenters. The fraction of sp³-hybridized carbons (Fsp3) is 0.909. The number of hydrogen-bond acceptors (Lipinski definition) is 3. The Labute approximate surface area is 84.9 Å². The van der Waals surface area contributed by atoms with Crippen molar-refractivity contribution in [1.29, 1.82) is 0 Å². The van der Waals surface area contributed by atoms with Crippen LogP contribution in [0.1, 0.15) is 38.5 Å². The molecule has 80 valence electrons. The second-order valence-electron chi connectivity index (χ2n) is 4.75. The fourth-order valence-corrected chi connectivity index (χ4v) is 2.69. The zero-order chi connectivity index (χ0) is 10.0. The van der Waals surface area contributed by atoms with Crippen LogP contribution < -0.4 is 5.32 Å². The highest BCUT2D eigenvalue weighted by Crippen LogP contribution is 2.35. The van der Waals surface area contributed by atoms with Gasteiger partial charge in [-0.05, 0) is 19.3 Å². The second-order valence-corrected chi connectivity index (χ2v) is 4.75. The second kappa shape index (κ2) is 3.99. The van der Waals surface area contributed by atoms with E-state index in [0.29, 0.717) is 18.6 Å². The third-order valence-corrected chi connectivity index (χ3v) is 3.55. The molecular weight excluding hydrogens is 178 g/mol. The van der Waals surface area contributed by atoms with E-state index in [1.807, 2.05) is 0 Å². The Morgan fingerprint density at radius 1 is 1.43 bits per heavy atom. The summed E-state index contributed by atoms with van der Waals surface area (Å²) >= 11 is 0. The van der Waals surface area contributed by atoms with E-state index in [0.717, 1.165) is 38.8 Å². The maximum atomic E-state index is 11.6. The predicted molar refractivity (Wildman–Crippen MR) is 54.0 cm³/mol. The van der Waals surface area contributed by atoms with Gasteiger partial charge in [-0.3, -0.25) is 4.79 Å². The first-order chi connectivity index (χ1) is 6.70. The Hall–Kier alpha value is -0.410. The molecule has 0 amide bonds. The van der Waals surface area contributed by atoms with Gasteiger partial charge in [0.2, 0.25) is 0 Å². The highest BCUT2D eigenvalue weighted by Gasteiger charge is 2.36. The van der Waals surface area contributed by atoms with Gasteiger partial charge in [-0.25, -0.2) is 0 Å². The van der Waals surface area contributed by atoms with Crippen molar-refractivity contribution < 1.29 is 9.90 Å². The summed E-state index contributed by atoms with van der Waals surface area (Å²) in [7, 11) is 0. The summed E-state index contributed by atoms with van der Waals surface area (Å²) in [4.78, 5) is 11.6. The number of piperidine rings is 1. The topological polar surface area (TPSA) is 49.3 Å². The van der Waals surface area contributed by atoms with Crippen molar-refractivity contribution in [2.45, 2.75) is 44.1 Å². The van der Waals surface area contributed by atoms with Gasteiger partial charge >= 0.3 is 0 Å². The lowest BCUT2D eigenvalue weighted by Crippen LogP contribution is -2.41. The Morgan fingerprint density at radius 3 is 2.79 bits per heavy atom. The SMILES string of the molecule is O=C1CCNCC1CC1(O)CCCC1. The lowest BCUT2D eigenvalue weighted by Gasteiger charge is -2.29. The quantitative estimate of drug-likeness (QED) is 0.690.